The summed E-state index contributed by atoms with van der Waals surface area (Å²) in [6, 6.07) is 12.7. The summed E-state index contributed by atoms with van der Waals surface area (Å²) in [6.07, 6.45) is 4.28. The highest BCUT2D eigenvalue weighted by molar-refractivity contribution is 7.12. The first kappa shape index (κ1) is 16.2. The van der Waals surface area contributed by atoms with Crippen molar-refractivity contribution < 1.29 is 4.79 Å². The van der Waals surface area contributed by atoms with Crippen LogP contribution in [-0.4, -0.2) is 28.4 Å². The Hall–Kier alpha value is -2.24. The van der Waals surface area contributed by atoms with Gasteiger partial charge in [0.25, 0.3) is 0 Å². The number of imidazole rings is 1. The molecule has 4 rings (SSSR count). The Morgan fingerprint density at radius 3 is 2.80 bits per heavy atom. The fourth-order valence-corrected chi connectivity index (χ4v) is 4.24. The van der Waals surface area contributed by atoms with Gasteiger partial charge in [0.2, 0.25) is 0 Å². The maximum absolute atomic E-state index is 11.7. The van der Waals surface area contributed by atoms with Gasteiger partial charge in [0.15, 0.2) is 5.78 Å². The molecule has 1 fully saturated rings. The summed E-state index contributed by atoms with van der Waals surface area (Å²) < 4.78 is 2.29. The van der Waals surface area contributed by atoms with Gasteiger partial charge in [-0.1, -0.05) is 30.3 Å². The molecule has 0 radical (unpaired) electrons. The minimum absolute atomic E-state index is 0.114. The standard InChI is InChI=1S/C20H21N3OS/c1-14(24)18-10-16(12-25-18)20-19(15-6-3-2-4-7-15)22-13-23(20)17-8-5-9-21-11-17/h2-4,6-7,10,12-13,17,21H,5,8-9,11H2,1H3. The van der Waals surface area contributed by atoms with E-state index in [9.17, 15) is 4.79 Å². The summed E-state index contributed by atoms with van der Waals surface area (Å²) >= 11 is 1.51. The number of hydrogen-bond acceptors (Lipinski definition) is 4. The Balaban J connectivity index is 1.85. The molecule has 5 heteroatoms. The van der Waals surface area contributed by atoms with E-state index in [1.807, 2.05) is 30.6 Å². The minimum Gasteiger partial charge on any atom is -0.326 e. The van der Waals surface area contributed by atoms with Crippen LogP contribution in [0, 0.1) is 0 Å². The van der Waals surface area contributed by atoms with E-state index in [0.29, 0.717) is 6.04 Å². The van der Waals surface area contributed by atoms with Crippen LogP contribution >= 0.6 is 11.3 Å². The monoisotopic (exact) mass is 351 g/mol. The van der Waals surface area contributed by atoms with Gasteiger partial charge in [-0.3, -0.25) is 4.79 Å². The molecule has 128 valence electrons. The van der Waals surface area contributed by atoms with Crippen molar-refractivity contribution in [2.24, 2.45) is 0 Å². The van der Waals surface area contributed by atoms with E-state index < -0.39 is 0 Å². The molecule has 0 aliphatic carbocycles. The summed E-state index contributed by atoms with van der Waals surface area (Å²) in [6.45, 7) is 3.66. The van der Waals surface area contributed by atoms with Crippen molar-refractivity contribution >= 4 is 17.1 Å². The van der Waals surface area contributed by atoms with E-state index in [1.165, 1.54) is 17.8 Å². The number of nitrogens with zero attached hydrogens (tertiary/aromatic N) is 2. The van der Waals surface area contributed by atoms with Gasteiger partial charge < -0.3 is 9.88 Å². The first-order valence-corrected chi connectivity index (χ1v) is 9.55. The van der Waals surface area contributed by atoms with Crippen LogP contribution in [0.2, 0.25) is 0 Å². The number of benzene rings is 1. The van der Waals surface area contributed by atoms with E-state index in [4.69, 9.17) is 4.98 Å². The number of nitrogens with one attached hydrogen (secondary N) is 1. The lowest BCUT2D eigenvalue weighted by Gasteiger charge is -2.25. The largest absolute Gasteiger partial charge is 0.326 e. The average Bonchev–Trinajstić information content (AvgIpc) is 3.30. The lowest BCUT2D eigenvalue weighted by atomic mass is 10.0. The Morgan fingerprint density at radius 2 is 2.12 bits per heavy atom. The Labute approximate surface area is 151 Å². The van der Waals surface area contributed by atoms with Crippen molar-refractivity contribution in [3.63, 3.8) is 0 Å². The first-order valence-electron chi connectivity index (χ1n) is 8.67. The molecule has 1 atom stereocenters. The van der Waals surface area contributed by atoms with Gasteiger partial charge in [0.05, 0.1) is 22.6 Å². The molecule has 3 aromatic rings. The number of carbonyl (C=O) groups excluding carboxylic acids is 1. The molecule has 3 heterocycles. The van der Waals surface area contributed by atoms with Gasteiger partial charge in [-0.15, -0.1) is 11.3 Å². The number of ketones is 1. The molecule has 0 bridgehead atoms. The molecule has 1 aliphatic rings. The van der Waals surface area contributed by atoms with Crippen LogP contribution in [0.15, 0.2) is 48.1 Å². The summed E-state index contributed by atoms with van der Waals surface area (Å²) in [5.41, 5.74) is 4.29. The normalized spacial score (nSPS) is 17.6. The third kappa shape index (κ3) is 3.17. The van der Waals surface area contributed by atoms with Gasteiger partial charge in [-0.2, -0.15) is 0 Å². The lowest BCUT2D eigenvalue weighted by Crippen LogP contribution is -2.31. The molecule has 2 aromatic heterocycles. The second-order valence-corrected chi connectivity index (χ2v) is 7.38. The van der Waals surface area contributed by atoms with Crippen LogP contribution in [0.4, 0.5) is 0 Å². The van der Waals surface area contributed by atoms with E-state index >= 15 is 0 Å². The van der Waals surface area contributed by atoms with Crippen molar-refractivity contribution in [3.05, 3.63) is 53.0 Å². The predicted molar refractivity (Wildman–Crippen MR) is 102 cm³/mol. The van der Waals surface area contributed by atoms with E-state index in [2.05, 4.69) is 27.4 Å². The van der Waals surface area contributed by atoms with Crippen molar-refractivity contribution in [2.75, 3.05) is 13.1 Å². The number of rotatable bonds is 4. The maximum atomic E-state index is 11.7. The van der Waals surface area contributed by atoms with Gasteiger partial charge >= 0.3 is 0 Å². The molecule has 25 heavy (non-hydrogen) atoms. The smallest absolute Gasteiger partial charge is 0.169 e. The Morgan fingerprint density at radius 1 is 1.28 bits per heavy atom. The predicted octanol–water partition coefficient (Wildman–Crippen LogP) is 4.41. The minimum atomic E-state index is 0.114. The molecule has 1 aromatic carbocycles. The molecule has 1 aliphatic heterocycles. The average molecular weight is 351 g/mol. The maximum Gasteiger partial charge on any atom is 0.169 e. The van der Waals surface area contributed by atoms with Crippen LogP contribution < -0.4 is 5.32 Å². The highest BCUT2D eigenvalue weighted by Gasteiger charge is 2.23. The van der Waals surface area contributed by atoms with Crippen molar-refractivity contribution in [1.82, 2.24) is 14.9 Å². The summed E-state index contributed by atoms with van der Waals surface area (Å²) in [5, 5.41) is 5.56. The zero-order valence-corrected chi connectivity index (χ0v) is 15.1. The summed E-state index contributed by atoms with van der Waals surface area (Å²) in [5.74, 6) is 0.114. The fourth-order valence-electron chi connectivity index (χ4n) is 3.45. The molecule has 1 saturated heterocycles. The summed E-state index contributed by atoms with van der Waals surface area (Å²) in [7, 11) is 0. The molecule has 0 spiro atoms. The SMILES string of the molecule is CC(=O)c1cc(-c2c(-c3ccccc3)ncn2C2CCCNC2)cs1. The van der Waals surface area contributed by atoms with Crippen LogP contribution in [0.5, 0.6) is 0 Å². The fraction of sp³-hybridized carbons (Fsp3) is 0.300. The zero-order chi connectivity index (χ0) is 17.2. The van der Waals surface area contributed by atoms with E-state index in [0.717, 1.165) is 46.9 Å². The number of thiophene rings is 1. The van der Waals surface area contributed by atoms with Gasteiger partial charge in [-0.05, 0) is 32.4 Å². The van der Waals surface area contributed by atoms with Gasteiger partial charge in [0.1, 0.15) is 0 Å². The second-order valence-electron chi connectivity index (χ2n) is 6.47. The Kier molecular flexibility index (Phi) is 4.51. The lowest BCUT2D eigenvalue weighted by molar-refractivity contribution is 0.102. The van der Waals surface area contributed by atoms with Gasteiger partial charge in [-0.25, -0.2) is 4.98 Å². The third-order valence-electron chi connectivity index (χ3n) is 4.73. The molecule has 0 saturated carbocycles. The Bertz CT molecular complexity index is 875. The molecule has 4 nitrogen and oxygen atoms in total. The topological polar surface area (TPSA) is 46.9 Å². The van der Waals surface area contributed by atoms with Crippen LogP contribution in [-0.2, 0) is 0 Å². The van der Waals surface area contributed by atoms with E-state index in [-0.39, 0.29) is 5.78 Å². The van der Waals surface area contributed by atoms with Crippen molar-refractivity contribution in [3.8, 4) is 22.5 Å². The zero-order valence-electron chi connectivity index (χ0n) is 14.2. The quantitative estimate of drug-likeness (QED) is 0.709. The van der Waals surface area contributed by atoms with Gasteiger partial charge in [0, 0.05) is 29.1 Å². The van der Waals surface area contributed by atoms with Crippen LogP contribution in [0.3, 0.4) is 0 Å². The van der Waals surface area contributed by atoms with Crippen molar-refractivity contribution in [2.45, 2.75) is 25.8 Å². The second kappa shape index (κ2) is 6.94. The van der Waals surface area contributed by atoms with Crippen molar-refractivity contribution in [1.29, 1.82) is 0 Å². The summed E-state index contributed by atoms with van der Waals surface area (Å²) in [4.78, 5) is 17.3. The number of piperidine rings is 1. The molecule has 1 unspecified atom stereocenters. The molecule has 0 amide bonds. The number of aromatic nitrogens is 2. The molecule has 1 N–H and O–H groups in total. The molecular formula is C20H21N3OS. The first-order chi connectivity index (χ1) is 12.2. The van der Waals surface area contributed by atoms with Crippen LogP contribution in [0.1, 0.15) is 35.5 Å². The highest BCUT2D eigenvalue weighted by Crippen LogP contribution is 2.36. The van der Waals surface area contributed by atoms with E-state index in [1.54, 1.807) is 6.92 Å². The highest BCUT2D eigenvalue weighted by atomic mass is 32.1. The molecular weight excluding hydrogens is 330 g/mol. The number of hydrogen-bond donors (Lipinski definition) is 1. The third-order valence-corrected chi connectivity index (χ3v) is 5.76. The number of Topliss-reactive ketones (excluding diaryl/α,β-unsaturated/α-hetero) is 1. The number of carbonyl (C=O) groups is 1. The van der Waals surface area contributed by atoms with Crippen LogP contribution in [0.25, 0.3) is 22.5 Å².